The Hall–Kier alpha value is -2.38. The largest absolute Gasteiger partial charge is 0.481 e. The molecule has 3 N–H and O–H groups in total. The molecule has 0 radical (unpaired) electrons. The smallest absolute Gasteiger partial charge is 0.321 e. The number of nitrogens with zero attached hydrogens (tertiary/aromatic N) is 1. The molecule has 0 saturated carbocycles. The minimum Gasteiger partial charge on any atom is -0.481 e. The summed E-state index contributed by atoms with van der Waals surface area (Å²) in [7, 11) is 0. The fourth-order valence-corrected chi connectivity index (χ4v) is 1.61. The molecular formula is C12H17N3O5. The summed E-state index contributed by atoms with van der Waals surface area (Å²) >= 11 is 0. The van der Waals surface area contributed by atoms with Crippen LogP contribution in [0.5, 0.6) is 0 Å². The van der Waals surface area contributed by atoms with Gasteiger partial charge >= 0.3 is 11.8 Å². The zero-order chi connectivity index (χ0) is 15.5. The predicted octanol–water partition coefficient (Wildman–Crippen LogP) is 1.54. The van der Waals surface area contributed by atoms with E-state index >= 15 is 0 Å². The van der Waals surface area contributed by atoms with E-state index in [-0.39, 0.29) is 17.9 Å². The Kier molecular flexibility index (Phi) is 4.49. The maximum Gasteiger partial charge on any atom is 0.321 e. The van der Waals surface area contributed by atoms with Crippen LogP contribution in [0.1, 0.15) is 37.7 Å². The highest BCUT2D eigenvalue weighted by Crippen LogP contribution is 2.22. The Bertz CT molecular complexity index is 529. The Morgan fingerprint density at radius 1 is 1.45 bits per heavy atom. The number of hydrogen-bond acceptors (Lipinski definition) is 4. The van der Waals surface area contributed by atoms with Crippen molar-refractivity contribution in [2.45, 2.75) is 33.2 Å². The van der Waals surface area contributed by atoms with Gasteiger partial charge in [-0.2, -0.15) is 0 Å². The van der Waals surface area contributed by atoms with Crippen molar-refractivity contribution in [1.29, 1.82) is 0 Å². The van der Waals surface area contributed by atoms with Crippen LogP contribution in [0.3, 0.4) is 0 Å². The van der Waals surface area contributed by atoms with Gasteiger partial charge in [-0.15, -0.1) is 0 Å². The first-order valence-electron chi connectivity index (χ1n) is 5.97. The second-order valence-electron chi connectivity index (χ2n) is 5.50. The number of nitrogens with one attached hydrogen (secondary N) is 2. The third-order valence-electron chi connectivity index (χ3n) is 2.84. The monoisotopic (exact) mass is 283 g/mol. The number of aliphatic carboxylic acids is 1. The maximum absolute atomic E-state index is 12.0. The summed E-state index contributed by atoms with van der Waals surface area (Å²) in [5.74, 6) is -1.89. The Morgan fingerprint density at radius 2 is 2.05 bits per heavy atom. The zero-order valence-corrected chi connectivity index (χ0v) is 11.5. The third-order valence-corrected chi connectivity index (χ3v) is 2.84. The average Bonchev–Trinajstić information content (AvgIpc) is 2.75. The summed E-state index contributed by atoms with van der Waals surface area (Å²) in [6, 6.07) is 1.88. The van der Waals surface area contributed by atoms with Gasteiger partial charge in [0.2, 0.25) is 0 Å². The molecule has 0 aromatic carbocycles. The highest BCUT2D eigenvalue weighted by atomic mass is 16.6. The summed E-state index contributed by atoms with van der Waals surface area (Å²) in [5.41, 5.74) is -0.427. The molecule has 0 aliphatic carbocycles. The summed E-state index contributed by atoms with van der Waals surface area (Å²) < 4.78 is 0. The molecule has 1 amide bonds. The van der Waals surface area contributed by atoms with E-state index < -0.39 is 28.3 Å². The van der Waals surface area contributed by atoms with E-state index in [1.54, 1.807) is 20.8 Å². The van der Waals surface area contributed by atoms with E-state index in [1.165, 1.54) is 12.1 Å². The lowest BCUT2D eigenvalue weighted by Crippen LogP contribution is -2.45. The molecule has 1 unspecified atom stereocenters. The molecule has 1 atom stereocenters. The van der Waals surface area contributed by atoms with Crippen LogP contribution in [0.2, 0.25) is 0 Å². The maximum atomic E-state index is 12.0. The number of rotatable bonds is 5. The zero-order valence-electron chi connectivity index (χ0n) is 11.5. The van der Waals surface area contributed by atoms with Crippen molar-refractivity contribution in [3.8, 4) is 0 Å². The molecule has 1 aromatic heterocycles. The number of H-pyrrole nitrogens is 1. The van der Waals surface area contributed by atoms with E-state index in [1.807, 2.05) is 0 Å². The lowest BCUT2D eigenvalue weighted by atomic mass is 9.84. The van der Waals surface area contributed by atoms with Gasteiger partial charge < -0.3 is 20.5 Å². The molecule has 0 aliphatic heterocycles. The minimum atomic E-state index is -1.03. The third kappa shape index (κ3) is 4.08. The summed E-state index contributed by atoms with van der Waals surface area (Å²) in [5, 5.41) is 22.0. The number of aromatic amines is 1. The van der Waals surface area contributed by atoms with Gasteiger partial charge in [-0.25, -0.2) is 4.98 Å². The predicted molar refractivity (Wildman–Crippen MR) is 70.4 cm³/mol. The van der Waals surface area contributed by atoms with Crippen molar-refractivity contribution < 1.29 is 19.6 Å². The SMILES string of the molecule is CC(C)(C)C(CC(=O)O)NC(=O)c1ccc([N+](=O)[O-])[nH]1. The molecule has 0 fully saturated rings. The number of amides is 1. The van der Waals surface area contributed by atoms with Crippen molar-refractivity contribution in [3.05, 3.63) is 27.9 Å². The summed E-state index contributed by atoms with van der Waals surface area (Å²) in [6.07, 6.45) is -0.224. The van der Waals surface area contributed by atoms with Crippen LogP contribution in [0.15, 0.2) is 12.1 Å². The van der Waals surface area contributed by atoms with Gasteiger partial charge in [-0.05, 0) is 16.4 Å². The number of carbonyl (C=O) groups excluding carboxylic acids is 1. The molecule has 0 bridgehead atoms. The fourth-order valence-electron chi connectivity index (χ4n) is 1.61. The fraction of sp³-hybridized carbons (Fsp3) is 0.500. The minimum absolute atomic E-state index is 0.0244. The molecule has 8 heteroatoms. The van der Waals surface area contributed by atoms with Gasteiger partial charge in [0.25, 0.3) is 5.91 Å². The molecule has 1 aromatic rings. The van der Waals surface area contributed by atoms with Crippen LogP contribution < -0.4 is 5.32 Å². The quantitative estimate of drug-likeness (QED) is 0.558. The highest BCUT2D eigenvalue weighted by Gasteiger charge is 2.29. The number of carbonyl (C=O) groups is 2. The van der Waals surface area contributed by atoms with E-state index in [4.69, 9.17) is 5.11 Å². The Morgan fingerprint density at radius 3 is 2.45 bits per heavy atom. The number of aromatic nitrogens is 1. The van der Waals surface area contributed by atoms with Crippen LogP contribution in [-0.2, 0) is 4.79 Å². The molecular weight excluding hydrogens is 266 g/mol. The topological polar surface area (TPSA) is 125 Å². The number of nitro groups is 1. The van der Waals surface area contributed by atoms with Gasteiger partial charge in [0.1, 0.15) is 0 Å². The van der Waals surface area contributed by atoms with E-state index in [0.29, 0.717) is 0 Å². The van der Waals surface area contributed by atoms with Crippen molar-refractivity contribution in [2.75, 3.05) is 0 Å². The molecule has 1 heterocycles. The number of carboxylic acid groups (broad SMARTS) is 1. The lowest BCUT2D eigenvalue weighted by molar-refractivity contribution is -0.389. The number of carboxylic acids is 1. The van der Waals surface area contributed by atoms with Crippen LogP contribution in [-0.4, -0.2) is 32.9 Å². The van der Waals surface area contributed by atoms with E-state index in [9.17, 15) is 19.7 Å². The first kappa shape index (κ1) is 15.7. The number of hydrogen-bond donors (Lipinski definition) is 3. The van der Waals surface area contributed by atoms with Crippen LogP contribution in [0.4, 0.5) is 5.82 Å². The van der Waals surface area contributed by atoms with E-state index in [0.717, 1.165) is 0 Å². The molecule has 20 heavy (non-hydrogen) atoms. The van der Waals surface area contributed by atoms with Crippen molar-refractivity contribution in [1.82, 2.24) is 10.3 Å². The van der Waals surface area contributed by atoms with Gasteiger partial charge in [0.05, 0.1) is 6.42 Å². The lowest BCUT2D eigenvalue weighted by Gasteiger charge is -2.29. The Balaban J connectivity index is 2.84. The van der Waals surface area contributed by atoms with Gasteiger partial charge in [-0.1, -0.05) is 20.8 Å². The molecule has 1 rings (SSSR count). The first-order chi connectivity index (χ1) is 9.11. The molecule has 0 saturated heterocycles. The average molecular weight is 283 g/mol. The first-order valence-corrected chi connectivity index (χ1v) is 5.97. The van der Waals surface area contributed by atoms with Crippen LogP contribution >= 0.6 is 0 Å². The van der Waals surface area contributed by atoms with Gasteiger partial charge in [0, 0.05) is 12.1 Å². The molecule has 110 valence electrons. The van der Waals surface area contributed by atoms with Crippen molar-refractivity contribution in [2.24, 2.45) is 5.41 Å². The van der Waals surface area contributed by atoms with Crippen molar-refractivity contribution >= 4 is 17.7 Å². The normalized spacial score (nSPS) is 12.8. The summed E-state index contributed by atoms with van der Waals surface area (Å²) in [6.45, 7) is 5.41. The highest BCUT2D eigenvalue weighted by molar-refractivity contribution is 5.93. The molecule has 8 nitrogen and oxygen atoms in total. The standard InChI is InChI=1S/C12H17N3O5/c1-12(2,3)8(6-10(16)17)14-11(18)7-4-5-9(13-7)15(19)20/h4-5,8,13H,6H2,1-3H3,(H,14,18)(H,16,17). The second-order valence-corrected chi connectivity index (χ2v) is 5.50. The van der Waals surface area contributed by atoms with Crippen LogP contribution in [0, 0.1) is 15.5 Å². The Labute approximate surface area is 115 Å². The van der Waals surface area contributed by atoms with Crippen LogP contribution in [0.25, 0.3) is 0 Å². The van der Waals surface area contributed by atoms with E-state index in [2.05, 4.69) is 10.3 Å². The second kappa shape index (κ2) is 5.72. The van der Waals surface area contributed by atoms with Gasteiger partial charge in [-0.3, -0.25) is 9.59 Å². The van der Waals surface area contributed by atoms with Crippen molar-refractivity contribution in [3.63, 3.8) is 0 Å². The molecule has 0 spiro atoms. The molecule has 0 aliphatic rings. The van der Waals surface area contributed by atoms with Gasteiger partial charge in [0.15, 0.2) is 5.69 Å². The summed E-state index contributed by atoms with van der Waals surface area (Å²) in [4.78, 5) is 35.0.